The highest BCUT2D eigenvalue weighted by molar-refractivity contribution is 6.01. The van der Waals surface area contributed by atoms with E-state index in [2.05, 4.69) is 15.4 Å². The number of fused-ring (bicyclic) bond motifs is 1. The largest absolute Gasteiger partial charge is 0.393 e. The van der Waals surface area contributed by atoms with E-state index < -0.39 is 0 Å². The molecule has 2 heterocycles. The van der Waals surface area contributed by atoms with Crippen LogP contribution >= 0.6 is 0 Å². The monoisotopic (exact) mass is 356 g/mol. The fraction of sp³-hybridized carbons (Fsp3) is 0.368. The normalized spacial score (nSPS) is 20.8. The summed E-state index contributed by atoms with van der Waals surface area (Å²) in [5, 5.41) is 17.6. The van der Waals surface area contributed by atoms with Gasteiger partial charge in [0.25, 0.3) is 5.91 Å². The van der Waals surface area contributed by atoms with E-state index in [-0.39, 0.29) is 29.8 Å². The number of aliphatic hydroxyl groups excluding tert-OH is 1. The number of para-hydroxylation sites is 1. The van der Waals surface area contributed by atoms with Gasteiger partial charge in [0.2, 0.25) is 0 Å². The summed E-state index contributed by atoms with van der Waals surface area (Å²) in [5.74, 6) is -0.511. The van der Waals surface area contributed by atoms with Gasteiger partial charge in [-0.1, -0.05) is 12.1 Å². The van der Waals surface area contributed by atoms with Crippen molar-refractivity contribution in [2.75, 3.05) is 0 Å². The molecule has 1 fully saturated rings. The molecule has 3 N–H and O–H groups in total. The molecule has 0 saturated heterocycles. The number of nitrogens with one attached hydrogen (secondary N) is 2. The summed E-state index contributed by atoms with van der Waals surface area (Å²) >= 11 is 0. The molecule has 7 heteroatoms. The number of carbonyl (C=O) groups is 1. The first-order chi connectivity index (χ1) is 12.4. The maximum absolute atomic E-state index is 14.0. The van der Waals surface area contributed by atoms with Crippen molar-refractivity contribution < 1.29 is 14.3 Å². The van der Waals surface area contributed by atoms with E-state index in [9.17, 15) is 14.3 Å². The summed E-state index contributed by atoms with van der Waals surface area (Å²) < 4.78 is 15.7. The van der Waals surface area contributed by atoms with Gasteiger partial charge in [-0.15, -0.1) is 0 Å². The van der Waals surface area contributed by atoms with Crippen LogP contribution in [-0.4, -0.2) is 31.9 Å². The number of aliphatic hydroxyl groups is 1. The van der Waals surface area contributed by atoms with Crippen LogP contribution in [0.25, 0.3) is 10.9 Å². The molecule has 0 bridgehead atoms. The second-order valence-electron chi connectivity index (χ2n) is 7.07. The van der Waals surface area contributed by atoms with Crippen molar-refractivity contribution >= 4 is 16.8 Å². The fourth-order valence-electron chi connectivity index (χ4n) is 3.73. The van der Waals surface area contributed by atoms with Crippen LogP contribution in [0.2, 0.25) is 0 Å². The fourth-order valence-corrected chi connectivity index (χ4v) is 3.73. The van der Waals surface area contributed by atoms with Crippen LogP contribution in [0, 0.1) is 18.7 Å². The SMILES string of the molecule is Cc1c(C(=O)N[C@@H](c2cnn(C)c2)C2CC(O)C2)[nH]c2c(F)cccc12. The Hall–Kier alpha value is -2.67. The Labute approximate surface area is 150 Å². The van der Waals surface area contributed by atoms with E-state index in [1.807, 2.05) is 13.2 Å². The number of rotatable bonds is 4. The Morgan fingerprint density at radius 2 is 2.23 bits per heavy atom. The second-order valence-corrected chi connectivity index (χ2v) is 7.07. The number of halogens is 1. The third-order valence-corrected chi connectivity index (χ3v) is 5.26. The number of nitrogens with zero attached hydrogens (tertiary/aromatic N) is 2. The number of H-pyrrole nitrogens is 1. The van der Waals surface area contributed by atoms with Gasteiger partial charge in [-0.3, -0.25) is 9.48 Å². The van der Waals surface area contributed by atoms with Gasteiger partial charge in [-0.25, -0.2) is 4.39 Å². The summed E-state index contributed by atoms with van der Waals surface area (Å²) in [4.78, 5) is 15.8. The van der Waals surface area contributed by atoms with Crippen LogP contribution in [0.3, 0.4) is 0 Å². The van der Waals surface area contributed by atoms with Gasteiger partial charge < -0.3 is 15.4 Å². The molecule has 0 aliphatic heterocycles. The van der Waals surface area contributed by atoms with Crippen LogP contribution in [0.4, 0.5) is 4.39 Å². The molecule has 1 atom stereocenters. The van der Waals surface area contributed by atoms with Gasteiger partial charge in [0.05, 0.1) is 23.9 Å². The highest BCUT2D eigenvalue weighted by Crippen LogP contribution is 2.38. The van der Waals surface area contributed by atoms with Crippen molar-refractivity contribution in [3.05, 3.63) is 53.2 Å². The number of carbonyl (C=O) groups excluding carboxylic acids is 1. The first kappa shape index (κ1) is 16.8. The number of benzene rings is 1. The molecule has 4 rings (SSSR count). The quantitative estimate of drug-likeness (QED) is 0.672. The third kappa shape index (κ3) is 2.78. The zero-order chi connectivity index (χ0) is 18.4. The van der Waals surface area contributed by atoms with E-state index in [1.165, 1.54) is 6.07 Å². The summed E-state index contributed by atoms with van der Waals surface area (Å²) in [5.41, 5.74) is 2.32. The maximum atomic E-state index is 14.0. The standard InChI is InChI=1S/C19H21FN4O2/c1-10-14-4-3-5-15(20)18(14)22-16(10)19(26)23-17(11-6-13(25)7-11)12-8-21-24(2)9-12/h3-5,8-9,11,13,17,22,25H,6-7H2,1-2H3,(H,23,26)/t11?,13?,17-/m1/s1. The summed E-state index contributed by atoms with van der Waals surface area (Å²) in [6.07, 6.45) is 4.56. The molecule has 136 valence electrons. The average molecular weight is 356 g/mol. The van der Waals surface area contributed by atoms with Crippen LogP contribution < -0.4 is 5.32 Å². The van der Waals surface area contributed by atoms with Crippen molar-refractivity contribution in [2.45, 2.75) is 31.9 Å². The first-order valence-corrected chi connectivity index (χ1v) is 8.68. The predicted octanol–water partition coefficient (Wildman–Crippen LogP) is 2.59. The molecule has 1 aliphatic carbocycles. The molecular weight excluding hydrogens is 335 g/mol. The Morgan fingerprint density at radius 3 is 2.85 bits per heavy atom. The molecule has 0 radical (unpaired) electrons. The molecule has 26 heavy (non-hydrogen) atoms. The molecule has 2 aromatic heterocycles. The lowest BCUT2D eigenvalue weighted by molar-refractivity contribution is 0.0234. The third-order valence-electron chi connectivity index (χ3n) is 5.26. The van der Waals surface area contributed by atoms with Crippen molar-refractivity contribution in [3.8, 4) is 0 Å². The van der Waals surface area contributed by atoms with Gasteiger partial charge in [0.15, 0.2) is 0 Å². The van der Waals surface area contributed by atoms with Crippen LogP contribution in [0.15, 0.2) is 30.6 Å². The maximum Gasteiger partial charge on any atom is 0.268 e. The van der Waals surface area contributed by atoms with E-state index in [0.717, 1.165) is 11.1 Å². The Balaban J connectivity index is 1.64. The van der Waals surface area contributed by atoms with Gasteiger partial charge in [-0.2, -0.15) is 5.10 Å². The van der Waals surface area contributed by atoms with Crippen LogP contribution in [0.5, 0.6) is 0 Å². The molecule has 3 aromatic rings. The summed E-state index contributed by atoms with van der Waals surface area (Å²) in [6.45, 7) is 1.80. The smallest absolute Gasteiger partial charge is 0.268 e. The lowest BCUT2D eigenvalue weighted by Gasteiger charge is -2.37. The zero-order valence-corrected chi connectivity index (χ0v) is 14.7. The number of hydrogen-bond donors (Lipinski definition) is 3. The van der Waals surface area contributed by atoms with Gasteiger partial charge in [-0.05, 0) is 37.3 Å². The number of aryl methyl sites for hydroxylation is 2. The molecule has 0 unspecified atom stereocenters. The molecule has 1 amide bonds. The number of hydrogen-bond acceptors (Lipinski definition) is 3. The highest BCUT2D eigenvalue weighted by Gasteiger charge is 2.36. The lowest BCUT2D eigenvalue weighted by Crippen LogP contribution is -2.41. The summed E-state index contributed by atoms with van der Waals surface area (Å²) in [6, 6.07) is 4.56. The van der Waals surface area contributed by atoms with Crippen LogP contribution in [0.1, 0.15) is 40.5 Å². The Morgan fingerprint density at radius 1 is 1.46 bits per heavy atom. The van der Waals surface area contributed by atoms with Crippen molar-refractivity contribution in [1.29, 1.82) is 0 Å². The van der Waals surface area contributed by atoms with Gasteiger partial charge in [0, 0.05) is 24.2 Å². The van der Waals surface area contributed by atoms with Gasteiger partial charge >= 0.3 is 0 Å². The zero-order valence-electron chi connectivity index (χ0n) is 14.7. The Bertz CT molecular complexity index is 971. The molecule has 0 spiro atoms. The van der Waals surface area contributed by atoms with Crippen molar-refractivity contribution in [3.63, 3.8) is 0 Å². The van der Waals surface area contributed by atoms with E-state index >= 15 is 0 Å². The Kier molecular flexibility index (Phi) is 4.03. The van der Waals surface area contributed by atoms with E-state index in [1.54, 1.807) is 29.9 Å². The lowest BCUT2D eigenvalue weighted by atomic mass is 9.75. The topological polar surface area (TPSA) is 82.9 Å². The predicted molar refractivity (Wildman–Crippen MR) is 95.1 cm³/mol. The molecule has 6 nitrogen and oxygen atoms in total. The van der Waals surface area contributed by atoms with Crippen molar-refractivity contribution in [1.82, 2.24) is 20.1 Å². The minimum atomic E-state index is -0.379. The molecule has 1 aromatic carbocycles. The number of aromatic amines is 1. The highest BCUT2D eigenvalue weighted by atomic mass is 19.1. The summed E-state index contributed by atoms with van der Waals surface area (Å²) in [7, 11) is 1.82. The minimum absolute atomic E-state index is 0.152. The van der Waals surface area contributed by atoms with E-state index in [0.29, 0.717) is 29.4 Å². The second kappa shape index (κ2) is 6.25. The van der Waals surface area contributed by atoms with Crippen LogP contribution in [-0.2, 0) is 7.05 Å². The van der Waals surface area contributed by atoms with Gasteiger partial charge in [0.1, 0.15) is 11.5 Å². The van der Waals surface area contributed by atoms with Crippen molar-refractivity contribution in [2.24, 2.45) is 13.0 Å². The average Bonchev–Trinajstić information content (AvgIpc) is 3.15. The number of amides is 1. The van der Waals surface area contributed by atoms with E-state index in [4.69, 9.17) is 0 Å². The molecule has 1 aliphatic rings. The minimum Gasteiger partial charge on any atom is -0.393 e. The number of aromatic nitrogens is 3. The molecule has 1 saturated carbocycles. The first-order valence-electron chi connectivity index (χ1n) is 8.68. The molecular formula is C19H21FN4O2.